The number of esters is 1. The van der Waals surface area contributed by atoms with Gasteiger partial charge in [0.2, 0.25) is 0 Å². The summed E-state index contributed by atoms with van der Waals surface area (Å²) in [7, 11) is 0. The zero-order valence-electron chi connectivity index (χ0n) is 17.3. The van der Waals surface area contributed by atoms with Gasteiger partial charge in [-0.3, -0.25) is 10.1 Å². The third-order valence-corrected chi connectivity index (χ3v) is 4.60. The average molecular weight is 452 g/mol. The van der Waals surface area contributed by atoms with Crippen molar-refractivity contribution in [1.29, 1.82) is 0 Å². The van der Waals surface area contributed by atoms with Crippen molar-refractivity contribution in [3.8, 4) is 5.75 Å². The van der Waals surface area contributed by atoms with Gasteiger partial charge in [-0.2, -0.15) is 12.6 Å². The van der Waals surface area contributed by atoms with Gasteiger partial charge < -0.3 is 19.3 Å². The van der Waals surface area contributed by atoms with Gasteiger partial charge in [-0.15, -0.1) is 0 Å². The van der Waals surface area contributed by atoms with E-state index in [0.717, 1.165) is 11.6 Å². The van der Waals surface area contributed by atoms with Gasteiger partial charge >= 0.3 is 12.1 Å². The number of phenols is 1. The molecule has 0 aliphatic rings. The van der Waals surface area contributed by atoms with Crippen LogP contribution in [0.3, 0.4) is 0 Å². The molecule has 2 atom stereocenters. The molecule has 2 rings (SSSR count). The van der Waals surface area contributed by atoms with Crippen LogP contribution in [0.25, 0.3) is 0 Å². The molecule has 0 radical (unpaired) electrons. The molecule has 0 aliphatic heterocycles. The molecule has 0 unspecified atom stereocenters. The number of thiol groups is 1. The van der Waals surface area contributed by atoms with Crippen molar-refractivity contribution in [2.75, 3.05) is 24.3 Å². The van der Waals surface area contributed by atoms with Crippen LogP contribution in [0.15, 0.2) is 42.5 Å². The Kier molecular flexibility index (Phi) is 9.61. The second-order valence-corrected chi connectivity index (χ2v) is 7.01. The SMILES string of the molecule is CCO[C@@H](CCOC(=O)CS)[C@@H](OC(=O)Nc1ccc(C)cc1)c1ccc(O)c(F)c1. The molecular weight excluding hydrogens is 425 g/mol. The van der Waals surface area contributed by atoms with Crippen molar-refractivity contribution < 1.29 is 33.3 Å². The number of ether oxygens (including phenoxy) is 3. The van der Waals surface area contributed by atoms with Gasteiger partial charge in [0.05, 0.1) is 12.4 Å². The molecule has 0 aliphatic carbocycles. The first-order chi connectivity index (χ1) is 14.8. The molecule has 0 aromatic heterocycles. The van der Waals surface area contributed by atoms with Gasteiger partial charge in [-0.05, 0) is 43.7 Å². The molecule has 0 saturated heterocycles. The van der Waals surface area contributed by atoms with Crippen molar-refractivity contribution in [3.05, 3.63) is 59.4 Å². The van der Waals surface area contributed by atoms with E-state index in [2.05, 4.69) is 17.9 Å². The van der Waals surface area contributed by atoms with E-state index in [1.54, 1.807) is 19.1 Å². The first-order valence-electron chi connectivity index (χ1n) is 9.74. The molecule has 0 heterocycles. The number of carbonyl (C=O) groups excluding carboxylic acids is 2. The van der Waals surface area contributed by atoms with Crippen LogP contribution in [0, 0.1) is 12.7 Å². The smallest absolute Gasteiger partial charge is 0.412 e. The first-order valence-corrected chi connectivity index (χ1v) is 10.4. The highest BCUT2D eigenvalue weighted by Gasteiger charge is 2.29. The normalized spacial score (nSPS) is 12.6. The van der Waals surface area contributed by atoms with E-state index >= 15 is 0 Å². The third-order valence-electron chi connectivity index (χ3n) is 4.35. The Morgan fingerprint density at radius 1 is 1.19 bits per heavy atom. The highest BCUT2D eigenvalue weighted by atomic mass is 32.1. The van der Waals surface area contributed by atoms with Crippen molar-refractivity contribution in [2.45, 2.75) is 32.5 Å². The molecule has 2 N–H and O–H groups in total. The summed E-state index contributed by atoms with van der Waals surface area (Å²) >= 11 is 3.85. The summed E-state index contributed by atoms with van der Waals surface area (Å²) in [5.41, 5.74) is 1.85. The van der Waals surface area contributed by atoms with E-state index in [4.69, 9.17) is 14.2 Å². The predicted molar refractivity (Wildman–Crippen MR) is 117 cm³/mol. The molecule has 0 fully saturated rings. The largest absolute Gasteiger partial charge is 0.505 e. The molecule has 31 heavy (non-hydrogen) atoms. The number of hydrogen-bond donors (Lipinski definition) is 3. The zero-order chi connectivity index (χ0) is 22.8. The maximum atomic E-state index is 14.0. The van der Waals surface area contributed by atoms with E-state index < -0.39 is 35.8 Å². The van der Waals surface area contributed by atoms with Crippen LogP contribution in [-0.4, -0.2) is 42.2 Å². The minimum Gasteiger partial charge on any atom is -0.505 e. The predicted octanol–water partition coefficient (Wildman–Crippen LogP) is 4.40. The molecular formula is C22H26FNO6S. The Labute approximate surface area is 185 Å². The van der Waals surface area contributed by atoms with E-state index in [1.165, 1.54) is 12.1 Å². The number of anilines is 1. The number of halogens is 1. The molecule has 9 heteroatoms. The fourth-order valence-corrected chi connectivity index (χ4v) is 2.92. The van der Waals surface area contributed by atoms with E-state index in [9.17, 15) is 19.1 Å². The second kappa shape index (κ2) is 12.2. The lowest BCUT2D eigenvalue weighted by atomic mass is 10.0. The summed E-state index contributed by atoms with van der Waals surface area (Å²) < 4.78 is 30.3. The summed E-state index contributed by atoms with van der Waals surface area (Å²) in [5.74, 6) is -1.95. The van der Waals surface area contributed by atoms with Crippen molar-refractivity contribution in [2.24, 2.45) is 0 Å². The first kappa shape index (κ1) is 24.5. The number of hydrogen-bond acceptors (Lipinski definition) is 7. The summed E-state index contributed by atoms with van der Waals surface area (Å²) in [6.45, 7) is 3.97. The van der Waals surface area contributed by atoms with E-state index in [1.807, 2.05) is 19.1 Å². The van der Waals surface area contributed by atoms with Gasteiger partial charge in [-0.1, -0.05) is 23.8 Å². The third kappa shape index (κ3) is 7.76. The lowest BCUT2D eigenvalue weighted by Gasteiger charge is -2.27. The number of rotatable bonds is 10. The van der Waals surface area contributed by atoms with Crippen molar-refractivity contribution >= 4 is 30.4 Å². The van der Waals surface area contributed by atoms with Crippen molar-refractivity contribution in [1.82, 2.24) is 0 Å². The van der Waals surface area contributed by atoms with E-state index in [-0.39, 0.29) is 31.0 Å². The Morgan fingerprint density at radius 3 is 2.52 bits per heavy atom. The minimum atomic E-state index is -1.02. The number of carbonyl (C=O) groups is 2. The van der Waals surface area contributed by atoms with Crippen LogP contribution in [0.1, 0.15) is 30.6 Å². The van der Waals surface area contributed by atoms with Crippen LogP contribution in [0.2, 0.25) is 0 Å². The Balaban J connectivity index is 2.22. The Morgan fingerprint density at radius 2 is 1.90 bits per heavy atom. The molecule has 0 bridgehead atoms. The number of aromatic hydroxyl groups is 1. The molecule has 0 spiro atoms. The van der Waals surface area contributed by atoms with Crippen molar-refractivity contribution in [3.63, 3.8) is 0 Å². The fourth-order valence-electron chi connectivity index (χ4n) is 2.83. The number of aryl methyl sites for hydroxylation is 1. The van der Waals surface area contributed by atoms with Crippen LogP contribution in [-0.2, 0) is 19.0 Å². The maximum Gasteiger partial charge on any atom is 0.412 e. The monoisotopic (exact) mass is 451 g/mol. The number of benzene rings is 2. The topological polar surface area (TPSA) is 94.1 Å². The van der Waals surface area contributed by atoms with Crippen LogP contribution in [0.5, 0.6) is 5.75 Å². The van der Waals surface area contributed by atoms with Gasteiger partial charge in [0.25, 0.3) is 0 Å². The number of nitrogens with one attached hydrogen (secondary N) is 1. The summed E-state index contributed by atoms with van der Waals surface area (Å²) in [6.07, 6.45) is -2.32. The van der Waals surface area contributed by atoms with E-state index in [0.29, 0.717) is 5.69 Å². The zero-order valence-corrected chi connectivity index (χ0v) is 18.2. The van der Waals surface area contributed by atoms with Gasteiger partial charge in [0, 0.05) is 18.7 Å². The van der Waals surface area contributed by atoms with Gasteiger partial charge in [0.15, 0.2) is 17.7 Å². The minimum absolute atomic E-state index is 0.00403. The number of phenolic OH excluding ortho intramolecular Hbond substituents is 1. The Bertz CT molecular complexity index is 877. The Hall–Kier alpha value is -2.78. The van der Waals surface area contributed by atoms with Gasteiger partial charge in [0.1, 0.15) is 6.10 Å². The standard InChI is InChI=1S/C22H26FNO6S/c1-3-28-19(10-11-29-20(26)13-31)21(15-6-9-18(25)17(23)12-15)30-22(27)24-16-7-4-14(2)5-8-16/h4-9,12,19,21,25,31H,3,10-11,13H2,1-2H3,(H,24,27)/t19-,21-/m0/s1. The molecule has 168 valence electrons. The quantitative estimate of drug-likeness (QED) is 0.366. The summed E-state index contributed by atoms with van der Waals surface area (Å²) in [5, 5.41) is 12.1. The van der Waals surface area contributed by atoms with Crippen LogP contribution in [0.4, 0.5) is 14.9 Å². The second-order valence-electron chi connectivity index (χ2n) is 6.69. The molecule has 7 nitrogen and oxygen atoms in total. The maximum absolute atomic E-state index is 14.0. The highest BCUT2D eigenvalue weighted by Crippen LogP contribution is 2.29. The lowest BCUT2D eigenvalue weighted by Crippen LogP contribution is -2.30. The molecule has 2 aromatic carbocycles. The summed E-state index contributed by atoms with van der Waals surface area (Å²) in [4.78, 5) is 23.9. The fraction of sp³-hybridized carbons (Fsp3) is 0.364. The molecule has 0 saturated carbocycles. The lowest BCUT2D eigenvalue weighted by molar-refractivity contribution is -0.142. The number of amides is 1. The van der Waals surface area contributed by atoms with Crippen LogP contribution >= 0.6 is 12.6 Å². The molecule has 1 amide bonds. The molecule has 2 aromatic rings. The average Bonchev–Trinajstić information content (AvgIpc) is 2.75. The summed E-state index contributed by atoms with van der Waals surface area (Å²) in [6, 6.07) is 10.8. The van der Waals surface area contributed by atoms with Gasteiger partial charge in [-0.25, -0.2) is 9.18 Å². The highest BCUT2D eigenvalue weighted by molar-refractivity contribution is 7.81. The van der Waals surface area contributed by atoms with Crippen LogP contribution < -0.4 is 5.32 Å².